The van der Waals surface area contributed by atoms with Crippen molar-refractivity contribution >= 4 is 11.8 Å². The summed E-state index contributed by atoms with van der Waals surface area (Å²) in [4.78, 5) is 29.4. The van der Waals surface area contributed by atoms with Gasteiger partial charge in [0, 0.05) is 24.6 Å². The van der Waals surface area contributed by atoms with Gasteiger partial charge in [0.25, 0.3) is 5.91 Å². The Labute approximate surface area is 211 Å². The lowest BCUT2D eigenvalue weighted by Gasteiger charge is -2.45. The Morgan fingerprint density at radius 2 is 1.86 bits per heavy atom. The first-order valence-electron chi connectivity index (χ1n) is 12.9. The minimum absolute atomic E-state index is 0.0864. The van der Waals surface area contributed by atoms with Crippen LogP contribution in [0.4, 0.5) is 4.39 Å². The van der Waals surface area contributed by atoms with Crippen LogP contribution in [-0.2, 0) is 16.0 Å². The highest BCUT2D eigenvalue weighted by atomic mass is 19.1. The Balaban J connectivity index is 1.50. The molecule has 0 unspecified atom stereocenters. The topological polar surface area (TPSA) is 70.7 Å². The largest absolute Gasteiger partial charge is 0.376 e. The quantitative estimate of drug-likeness (QED) is 0.600. The third-order valence-electron chi connectivity index (χ3n) is 7.87. The number of benzene rings is 2. The number of piperidine rings is 2. The van der Waals surface area contributed by atoms with Gasteiger partial charge in [-0.05, 0) is 68.1 Å². The molecule has 2 saturated heterocycles. The van der Waals surface area contributed by atoms with E-state index in [-0.39, 0.29) is 29.6 Å². The van der Waals surface area contributed by atoms with Crippen LogP contribution in [-0.4, -0.2) is 62.1 Å². The van der Waals surface area contributed by atoms with Crippen LogP contribution in [0.25, 0.3) is 0 Å². The molecule has 1 spiro atoms. The predicted molar refractivity (Wildman–Crippen MR) is 136 cm³/mol. The summed E-state index contributed by atoms with van der Waals surface area (Å²) in [6, 6.07) is 13.9. The molecule has 3 aliphatic rings. The van der Waals surface area contributed by atoms with Crippen molar-refractivity contribution in [2.24, 2.45) is 5.41 Å². The van der Waals surface area contributed by atoms with Crippen LogP contribution in [0, 0.1) is 11.2 Å². The Bertz CT molecular complexity index is 1130. The van der Waals surface area contributed by atoms with Crippen LogP contribution < -0.4 is 10.6 Å². The number of nitrogens with one attached hydrogen (secondary N) is 2. The third-order valence-corrected chi connectivity index (χ3v) is 7.87. The number of hydrogen-bond donors (Lipinski definition) is 2. The highest BCUT2D eigenvalue weighted by Gasteiger charge is 2.45. The van der Waals surface area contributed by atoms with Crippen molar-refractivity contribution in [3.8, 4) is 0 Å². The minimum atomic E-state index is -0.567. The number of carbonyl (C=O) groups excluding carboxylic acids is 2. The molecule has 2 amide bonds. The van der Waals surface area contributed by atoms with E-state index in [4.69, 9.17) is 4.74 Å². The lowest BCUT2D eigenvalue weighted by Crippen LogP contribution is -2.58. The molecule has 0 radical (unpaired) electrons. The standard InChI is InChI=1S/C29H34FN3O3/c30-23-9-5-8-22(18-23)24-11-16-33-19-26(24)32-27(34)25-10-2-1-6-21(25)7-3-4-17-36-20-29(28(33)35)12-14-31-15-13-29/h1-6,8-10,18,24,26,31H,7,11-17,19-20H2,(H,32,34)/b4-3-/t24-,26-/m0/s1. The molecule has 0 aliphatic carbocycles. The van der Waals surface area contributed by atoms with Crippen molar-refractivity contribution in [1.82, 2.24) is 15.5 Å². The van der Waals surface area contributed by atoms with Gasteiger partial charge >= 0.3 is 0 Å². The van der Waals surface area contributed by atoms with Crippen molar-refractivity contribution in [2.75, 3.05) is 39.4 Å². The van der Waals surface area contributed by atoms with Crippen molar-refractivity contribution in [3.63, 3.8) is 0 Å². The van der Waals surface area contributed by atoms with E-state index in [1.165, 1.54) is 6.07 Å². The number of hydrogen-bond acceptors (Lipinski definition) is 4. The summed E-state index contributed by atoms with van der Waals surface area (Å²) in [6.07, 6.45) is 6.69. The van der Waals surface area contributed by atoms with Gasteiger partial charge in [-0.25, -0.2) is 4.39 Å². The molecule has 5 rings (SSSR count). The first-order chi connectivity index (χ1) is 17.6. The van der Waals surface area contributed by atoms with Crippen molar-refractivity contribution < 1.29 is 18.7 Å². The average Bonchev–Trinajstić information content (AvgIpc) is 2.90. The molecule has 2 fully saturated rings. The van der Waals surface area contributed by atoms with Gasteiger partial charge < -0.3 is 20.3 Å². The highest BCUT2D eigenvalue weighted by molar-refractivity contribution is 5.96. The average molecular weight is 492 g/mol. The number of fused-ring (bicyclic) bond motifs is 3. The summed E-state index contributed by atoms with van der Waals surface area (Å²) in [6.45, 7) is 3.33. The van der Waals surface area contributed by atoms with Gasteiger partial charge in [-0.15, -0.1) is 0 Å². The zero-order valence-electron chi connectivity index (χ0n) is 20.5. The Kier molecular flexibility index (Phi) is 7.48. The van der Waals surface area contributed by atoms with Gasteiger partial charge in [-0.1, -0.05) is 42.5 Å². The van der Waals surface area contributed by atoms with Gasteiger partial charge in [0.2, 0.25) is 5.91 Å². The van der Waals surface area contributed by atoms with E-state index in [0.717, 1.165) is 37.1 Å². The molecule has 36 heavy (non-hydrogen) atoms. The second-order valence-electron chi connectivity index (χ2n) is 10.2. The van der Waals surface area contributed by atoms with Gasteiger partial charge in [-0.2, -0.15) is 0 Å². The van der Waals surface area contributed by atoms with Gasteiger partial charge in [0.15, 0.2) is 0 Å². The second kappa shape index (κ2) is 10.9. The van der Waals surface area contributed by atoms with Crippen molar-refractivity contribution in [3.05, 3.63) is 83.2 Å². The van der Waals surface area contributed by atoms with Crippen molar-refractivity contribution in [2.45, 2.75) is 37.6 Å². The van der Waals surface area contributed by atoms with E-state index in [2.05, 4.69) is 10.6 Å². The monoisotopic (exact) mass is 491 g/mol. The van der Waals surface area contributed by atoms with Gasteiger partial charge in [-0.3, -0.25) is 9.59 Å². The number of amides is 2. The third kappa shape index (κ3) is 5.22. The summed E-state index contributed by atoms with van der Waals surface area (Å²) in [5.41, 5.74) is 1.83. The van der Waals surface area contributed by atoms with E-state index in [9.17, 15) is 14.0 Å². The summed E-state index contributed by atoms with van der Waals surface area (Å²) >= 11 is 0. The molecule has 0 aromatic heterocycles. The summed E-state index contributed by atoms with van der Waals surface area (Å²) in [5, 5.41) is 6.59. The summed E-state index contributed by atoms with van der Waals surface area (Å²) in [5.74, 6) is -0.448. The van der Waals surface area contributed by atoms with E-state index < -0.39 is 5.41 Å². The maximum absolute atomic E-state index is 14.1. The SMILES string of the molecule is O=C1N[C@H]2CN(CC[C@H]2c2cccc(F)c2)C(=O)C2(CCNCC2)COC/C=C\Cc2ccccc21. The van der Waals surface area contributed by atoms with Crippen LogP contribution in [0.2, 0.25) is 0 Å². The van der Waals surface area contributed by atoms with Crippen LogP contribution in [0.1, 0.15) is 46.7 Å². The normalized spacial score (nSPS) is 25.9. The molecule has 6 nitrogen and oxygen atoms in total. The predicted octanol–water partition coefficient (Wildman–Crippen LogP) is 3.44. The van der Waals surface area contributed by atoms with E-state index in [0.29, 0.717) is 44.7 Å². The smallest absolute Gasteiger partial charge is 0.251 e. The number of nitrogens with zero attached hydrogens (tertiary/aromatic N) is 1. The lowest BCUT2D eigenvalue weighted by atomic mass is 9.77. The minimum Gasteiger partial charge on any atom is -0.376 e. The van der Waals surface area contributed by atoms with Crippen LogP contribution in [0.15, 0.2) is 60.7 Å². The van der Waals surface area contributed by atoms with E-state index >= 15 is 0 Å². The first-order valence-corrected chi connectivity index (χ1v) is 12.9. The molecule has 2 aromatic carbocycles. The zero-order chi connectivity index (χ0) is 25.0. The number of allylic oxidation sites excluding steroid dienone is 1. The number of halogens is 1. The molecule has 190 valence electrons. The molecule has 7 heteroatoms. The van der Waals surface area contributed by atoms with Crippen LogP contribution >= 0.6 is 0 Å². The molecule has 3 heterocycles. The molecular formula is C29H34FN3O3. The Morgan fingerprint density at radius 1 is 1.03 bits per heavy atom. The fourth-order valence-electron chi connectivity index (χ4n) is 5.85. The molecule has 2 N–H and O–H groups in total. The molecular weight excluding hydrogens is 457 g/mol. The fourth-order valence-corrected chi connectivity index (χ4v) is 5.85. The number of carbonyl (C=O) groups is 2. The number of ether oxygens (including phenoxy) is 1. The van der Waals surface area contributed by atoms with E-state index in [1.807, 2.05) is 47.4 Å². The van der Waals surface area contributed by atoms with E-state index in [1.54, 1.807) is 12.1 Å². The number of rotatable bonds is 1. The Hall–Kier alpha value is -3.03. The van der Waals surface area contributed by atoms with Gasteiger partial charge in [0.1, 0.15) is 5.82 Å². The lowest BCUT2D eigenvalue weighted by molar-refractivity contribution is -0.149. The van der Waals surface area contributed by atoms with Gasteiger partial charge in [0.05, 0.1) is 24.7 Å². The molecule has 3 aliphatic heterocycles. The molecule has 2 aromatic rings. The highest BCUT2D eigenvalue weighted by Crippen LogP contribution is 2.36. The Morgan fingerprint density at radius 3 is 2.69 bits per heavy atom. The first kappa shape index (κ1) is 24.7. The summed E-state index contributed by atoms with van der Waals surface area (Å²) in [7, 11) is 0. The van der Waals surface area contributed by atoms with Crippen LogP contribution in [0.5, 0.6) is 0 Å². The molecule has 2 atom stereocenters. The second-order valence-corrected chi connectivity index (χ2v) is 10.2. The summed E-state index contributed by atoms with van der Waals surface area (Å²) < 4.78 is 20.2. The maximum Gasteiger partial charge on any atom is 0.251 e. The molecule has 0 saturated carbocycles. The van der Waals surface area contributed by atoms with Crippen molar-refractivity contribution in [1.29, 1.82) is 0 Å². The maximum atomic E-state index is 14.1. The molecule has 2 bridgehead atoms. The fraction of sp³-hybridized carbons (Fsp3) is 0.448. The zero-order valence-corrected chi connectivity index (χ0v) is 20.5. The van der Waals surface area contributed by atoms with Crippen LogP contribution in [0.3, 0.4) is 0 Å².